The second kappa shape index (κ2) is 2.67. The lowest BCUT2D eigenvalue weighted by atomic mass is 10.0. The summed E-state index contributed by atoms with van der Waals surface area (Å²) in [6.07, 6.45) is 2.91. The molecule has 0 N–H and O–H groups in total. The van der Waals surface area contributed by atoms with Gasteiger partial charge >= 0.3 is 0 Å². The van der Waals surface area contributed by atoms with Crippen LogP contribution in [0.3, 0.4) is 0 Å². The quantitative estimate of drug-likeness (QED) is 0.560. The number of rotatable bonds is 0. The van der Waals surface area contributed by atoms with Crippen LogP contribution < -0.4 is 0 Å². The van der Waals surface area contributed by atoms with Gasteiger partial charge in [-0.25, -0.2) is 0 Å². The van der Waals surface area contributed by atoms with Crippen LogP contribution in [0.1, 0.15) is 11.1 Å². The third-order valence-electron chi connectivity index (χ3n) is 1.87. The van der Waals surface area contributed by atoms with Crippen LogP contribution in [0.4, 0.5) is 0 Å². The molecule has 0 saturated carbocycles. The highest BCUT2D eigenvalue weighted by Gasteiger charge is 2.04. The fraction of sp³-hybridized carbons (Fsp3) is 0.222. The van der Waals surface area contributed by atoms with Crippen molar-refractivity contribution < 1.29 is 0 Å². The molecule has 1 nitrogen and oxygen atoms in total. The van der Waals surface area contributed by atoms with E-state index in [-0.39, 0.29) is 0 Å². The number of aliphatic imine (C=N–C) groups is 1. The first-order valence-electron chi connectivity index (χ1n) is 3.62. The molecule has 0 unspecified atom stereocenters. The summed E-state index contributed by atoms with van der Waals surface area (Å²) in [4.78, 5) is 4.18. The third kappa shape index (κ3) is 1.29. The highest BCUT2D eigenvalue weighted by molar-refractivity contribution is 6.30. The van der Waals surface area contributed by atoms with Crippen LogP contribution in [0.15, 0.2) is 23.2 Å². The van der Waals surface area contributed by atoms with Gasteiger partial charge in [0.2, 0.25) is 0 Å². The van der Waals surface area contributed by atoms with Crippen molar-refractivity contribution in [2.24, 2.45) is 4.99 Å². The first kappa shape index (κ1) is 6.86. The predicted molar refractivity (Wildman–Crippen MR) is 47.4 cm³/mol. The van der Waals surface area contributed by atoms with E-state index in [0.717, 1.165) is 18.0 Å². The van der Waals surface area contributed by atoms with E-state index in [1.807, 2.05) is 18.3 Å². The van der Waals surface area contributed by atoms with Crippen molar-refractivity contribution in [3.8, 4) is 0 Å². The Morgan fingerprint density at radius 1 is 1.27 bits per heavy atom. The summed E-state index contributed by atoms with van der Waals surface area (Å²) in [5, 5.41) is 0.806. The van der Waals surface area contributed by atoms with E-state index in [1.165, 1.54) is 11.1 Å². The van der Waals surface area contributed by atoms with Gasteiger partial charge in [-0.2, -0.15) is 0 Å². The lowest BCUT2D eigenvalue weighted by molar-refractivity contribution is 1.00. The zero-order valence-corrected chi connectivity index (χ0v) is 6.80. The SMILES string of the molecule is Clc1ccc2c(c1)CN=CC2. The van der Waals surface area contributed by atoms with Gasteiger partial charge in [-0.3, -0.25) is 4.99 Å². The lowest BCUT2D eigenvalue weighted by Gasteiger charge is -2.09. The maximum absolute atomic E-state index is 5.82. The molecule has 0 radical (unpaired) electrons. The van der Waals surface area contributed by atoms with Gasteiger partial charge in [0.05, 0.1) is 6.54 Å². The van der Waals surface area contributed by atoms with E-state index in [2.05, 4.69) is 11.1 Å². The standard InChI is InChI=1S/C9H8ClN/c10-9-2-1-7-3-4-11-6-8(7)5-9/h1-2,4-5H,3,6H2. The fourth-order valence-corrected chi connectivity index (χ4v) is 1.46. The Morgan fingerprint density at radius 2 is 2.18 bits per heavy atom. The molecular formula is C9H8ClN. The average Bonchev–Trinajstić information content (AvgIpc) is 2.04. The first-order chi connectivity index (χ1) is 5.36. The number of fused-ring (bicyclic) bond motifs is 1. The maximum Gasteiger partial charge on any atom is 0.0639 e. The highest BCUT2D eigenvalue weighted by Crippen LogP contribution is 2.19. The second-order valence-corrected chi connectivity index (χ2v) is 3.08. The molecular weight excluding hydrogens is 158 g/mol. The van der Waals surface area contributed by atoms with Crippen LogP contribution in [0, 0.1) is 0 Å². The number of hydrogen-bond donors (Lipinski definition) is 0. The van der Waals surface area contributed by atoms with Crippen LogP contribution in [0.2, 0.25) is 5.02 Å². The molecule has 1 heterocycles. The molecule has 2 rings (SSSR count). The fourth-order valence-electron chi connectivity index (χ4n) is 1.27. The Morgan fingerprint density at radius 3 is 3.09 bits per heavy atom. The van der Waals surface area contributed by atoms with Crippen molar-refractivity contribution in [1.29, 1.82) is 0 Å². The van der Waals surface area contributed by atoms with Gasteiger partial charge in [0.1, 0.15) is 0 Å². The zero-order valence-electron chi connectivity index (χ0n) is 6.05. The number of hydrogen-bond acceptors (Lipinski definition) is 1. The summed E-state index contributed by atoms with van der Waals surface area (Å²) < 4.78 is 0. The van der Waals surface area contributed by atoms with Gasteiger partial charge in [-0.1, -0.05) is 17.7 Å². The van der Waals surface area contributed by atoms with Gasteiger partial charge < -0.3 is 0 Å². The van der Waals surface area contributed by atoms with Crippen LogP contribution in [-0.2, 0) is 13.0 Å². The number of benzene rings is 1. The van der Waals surface area contributed by atoms with Gasteiger partial charge in [-0.15, -0.1) is 0 Å². The molecule has 0 fully saturated rings. The molecule has 0 amide bonds. The molecule has 0 spiro atoms. The normalized spacial score (nSPS) is 14.6. The minimum Gasteiger partial charge on any atom is -0.292 e. The zero-order chi connectivity index (χ0) is 7.68. The maximum atomic E-state index is 5.82. The molecule has 0 atom stereocenters. The average molecular weight is 166 g/mol. The Bertz CT molecular complexity index is 304. The minimum atomic E-state index is 0.788. The molecule has 0 bridgehead atoms. The smallest absolute Gasteiger partial charge is 0.0639 e. The van der Waals surface area contributed by atoms with Gasteiger partial charge in [0.25, 0.3) is 0 Å². The monoisotopic (exact) mass is 165 g/mol. The molecule has 0 saturated heterocycles. The summed E-state index contributed by atoms with van der Waals surface area (Å²) in [5.74, 6) is 0. The largest absolute Gasteiger partial charge is 0.292 e. The van der Waals surface area contributed by atoms with E-state index in [9.17, 15) is 0 Å². The van der Waals surface area contributed by atoms with Crippen molar-refractivity contribution in [3.05, 3.63) is 34.3 Å². The number of nitrogens with zero attached hydrogens (tertiary/aromatic N) is 1. The van der Waals surface area contributed by atoms with E-state index in [0.29, 0.717) is 0 Å². The van der Waals surface area contributed by atoms with Crippen LogP contribution >= 0.6 is 11.6 Å². The molecule has 1 aliphatic rings. The van der Waals surface area contributed by atoms with Crippen LogP contribution in [0.25, 0.3) is 0 Å². The van der Waals surface area contributed by atoms with E-state index in [1.54, 1.807) is 0 Å². The molecule has 56 valence electrons. The van der Waals surface area contributed by atoms with Gasteiger partial charge in [0, 0.05) is 17.7 Å². The van der Waals surface area contributed by atoms with Crippen molar-refractivity contribution in [3.63, 3.8) is 0 Å². The van der Waals surface area contributed by atoms with Crippen LogP contribution in [0.5, 0.6) is 0 Å². The molecule has 1 aliphatic heterocycles. The summed E-state index contributed by atoms with van der Waals surface area (Å²) in [6, 6.07) is 6.00. The summed E-state index contributed by atoms with van der Waals surface area (Å²) in [7, 11) is 0. The lowest BCUT2D eigenvalue weighted by Crippen LogP contribution is -1.99. The van der Waals surface area contributed by atoms with Crippen molar-refractivity contribution in [2.75, 3.05) is 0 Å². The molecule has 1 aromatic carbocycles. The van der Waals surface area contributed by atoms with E-state index in [4.69, 9.17) is 11.6 Å². The minimum absolute atomic E-state index is 0.788. The molecule has 2 heteroatoms. The number of halogens is 1. The van der Waals surface area contributed by atoms with Gasteiger partial charge in [-0.05, 0) is 23.3 Å². The van der Waals surface area contributed by atoms with E-state index < -0.39 is 0 Å². The summed E-state index contributed by atoms with van der Waals surface area (Å²) in [5.41, 5.74) is 2.62. The Labute approximate surface area is 70.7 Å². The third-order valence-corrected chi connectivity index (χ3v) is 2.11. The molecule has 1 aromatic rings. The molecule has 0 aromatic heterocycles. The Kier molecular flexibility index (Phi) is 1.66. The second-order valence-electron chi connectivity index (χ2n) is 2.64. The van der Waals surface area contributed by atoms with Crippen molar-refractivity contribution in [2.45, 2.75) is 13.0 Å². The Hall–Kier alpha value is -0.820. The predicted octanol–water partition coefficient (Wildman–Crippen LogP) is 2.47. The molecule has 11 heavy (non-hydrogen) atoms. The molecule has 0 aliphatic carbocycles. The topological polar surface area (TPSA) is 12.4 Å². The van der Waals surface area contributed by atoms with E-state index >= 15 is 0 Å². The van der Waals surface area contributed by atoms with Crippen LogP contribution in [-0.4, -0.2) is 6.21 Å². The first-order valence-corrected chi connectivity index (χ1v) is 3.99. The van der Waals surface area contributed by atoms with Gasteiger partial charge in [0.15, 0.2) is 0 Å². The Balaban J connectivity index is 2.48. The van der Waals surface area contributed by atoms with Crippen molar-refractivity contribution in [1.82, 2.24) is 0 Å². The summed E-state index contributed by atoms with van der Waals surface area (Å²) >= 11 is 5.82. The summed E-state index contributed by atoms with van der Waals surface area (Å²) in [6.45, 7) is 0.788. The van der Waals surface area contributed by atoms with Crippen molar-refractivity contribution >= 4 is 17.8 Å². The highest BCUT2D eigenvalue weighted by atomic mass is 35.5.